The molecular weight excluding hydrogens is 486 g/mol. The molecule has 3 aromatic carbocycles. The second-order valence-electron chi connectivity index (χ2n) is 10.4. The van der Waals surface area contributed by atoms with Crippen LogP contribution in [-0.2, 0) is 13.1 Å². The minimum absolute atomic E-state index is 0.213. The Bertz CT molecular complexity index is 1340. The maximum Gasteiger partial charge on any atom is 0.335 e. The third-order valence-electron chi connectivity index (χ3n) is 7.27. The Hall–Kier alpha value is -3.48. The molecule has 0 radical (unpaired) electrons. The van der Waals surface area contributed by atoms with Crippen molar-refractivity contribution in [2.45, 2.75) is 71.5 Å². The Morgan fingerprint density at radius 1 is 0.897 bits per heavy atom. The number of hydrogen-bond acceptors (Lipinski definition) is 4. The van der Waals surface area contributed by atoms with Crippen LogP contribution in [-0.4, -0.2) is 43.8 Å². The number of aliphatic hydroxyl groups excluding tert-OH is 1. The number of nitrogens with zero attached hydrogens (tertiary/aromatic N) is 3. The van der Waals surface area contributed by atoms with Crippen LogP contribution < -0.4 is 0 Å². The van der Waals surface area contributed by atoms with Gasteiger partial charge in [-0.15, -0.1) is 0 Å². The Morgan fingerprint density at radius 3 is 2.31 bits per heavy atom. The lowest BCUT2D eigenvalue weighted by Gasteiger charge is -2.23. The van der Waals surface area contributed by atoms with Crippen LogP contribution in [0.25, 0.3) is 22.4 Å². The molecule has 4 rings (SSSR count). The van der Waals surface area contributed by atoms with Gasteiger partial charge in [0.1, 0.15) is 5.82 Å². The Labute approximate surface area is 231 Å². The van der Waals surface area contributed by atoms with Gasteiger partial charge < -0.3 is 14.8 Å². The van der Waals surface area contributed by atoms with Crippen molar-refractivity contribution in [3.63, 3.8) is 0 Å². The summed E-state index contributed by atoms with van der Waals surface area (Å²) in [5.74, 6) is -0.0375. The molecule has 6 nitrogen and oxygen atoms in total. The second kappa shape index (κ2) is 14.1. The van der Waals surface area contributed by atoms with Gasteiger partial charge in [0.05, 0.1) is 16.6 Å². The van der Waals surface area contributed by atoms with Gasteiger partial charge in [-0.1, -0.05) is 75.2 Å². The van der Waals surface area contributed by atoms with Crippen LogP contribution in [0.2, 0.25) is 0 Å². The van der Waals surface area contributed by atoms with Crippen molar-refractivity contribution in [3.8, 4) is 11.4 Å². The molecule has 0 spiro atoms. The summed E-state index contributed by atoms with van der Waals surface area (Å²) in [6.45, 7) is 7.19. The van der Waals surface area contributed by atoms with Gasteiger partial charge in [0.25, 0.3) is 0 Å². The van der Waals surface area contributed by atoms with E-state index in [1.54, 1.807) is 12.1 Å². The standard InChI is InChI=1S/C33H41N3O3/c1-3-11-29(12-4-2)36-31-18-17-28(33(38)39)22-30(31)34-32(36)27-16-10-15-26(21-27)24-35(19-8-9-20-37)23-25-13-6-5-7-14-25/h5-7,10,13-18,21-22,29,37H,3-4,8-9,11-12,19-20,23-24H2,1-2H3,(H,38,39). The van der Waals surface area contributed by atoms with Crippen molar-refractivity contribution in [2.24, 2.45) is 0 Å². The number of carboxylic acids is 1. The van der Waals surface area contributed by atoms with Gasteiger partial charge in [0, 0.05) is 31.3 Å². The van der Waals surface area contributed by atoms with Crippen molar-refractivity contribution in [2.75, 3.05) is 13.2 Å². The maximum atomic E-state index is 11.7. The summed E-state index contributed by atoms with van der Waals surface area (Å²) >= 11 is 0. The number of rotatable bonds is 15. The summed E-state index contributed by atoms with van der Waals surface area (Å²) in [4.78, 5) is 19.1. The zero-order valence-corrected chi connectivity index (χ0v) is 23.2. The summed E-state index contributed by atoms with van der Waals surface area (Å²) in [6, 6.07) is 24.7. The molecule has 0 aliphatic rings. The normalized spacial score (nSPS) is 11.6. The van der Waals surface area contributed by atoms with E-state index in [-0.39, 0.29) is 12.2 Å². The molecule has 4 aromatic rings. The summed E-state index contributed by atoms with van der Waals surface area (Å²) in [5.41, 5.74) is 5.50. The number of unbranched alkanes of at least 4 members (excludes halogenated alkanes) is 1. The van der Waals surface area contributed by atoms with Gasteiger partial charge in [-0.2, -0.15) is 0 Å². The highest BCUT2D eigenvalue weighted by atomic mass is 16.4. The molecular formula is C33H41N3O3. The van der Waals surface area contributed by atoms with E-state index in [0.717, 1.165) is 80.6 Å². The molecule has 0 amide bonds. The number of fused-ring (bicyclic) bond motifs is 1. The fraction of sp³-hybridized carbons (Fsp3) is 0.394. The fourth-order valence-corrected chi connectivity index (χ4v) is 5.44. The number of aromatic nitrogens is 2. The molecule has 0 saturated carbocycles. The van der Waals surface area contributed by atoms with Crippen molar-refractivity contribution in [1.82, 2.24) is 14.5 Å². The third kappa shape index (κ3) is 7.34. The van der Waals surface area contributed by atoms with Crippen LogP contribution in [0.4, 0.5) is 0 Å². The van der Waals surface area contributed by atoms with Crippen LogP contribution in [0, 0.1) is 0 Å². The van der Waals surface area contributed by atoms with E-state index in [1.165, 1.54) is 11.1 Å². The molecule has 2 N–H and O–H groups in total. The van der Waals surface area contributed by atoms with E-state index in [2.05, 4.69) is 71.8 Å². The predicted octanol–water partition coefficient (Wildman–Crippen LogP) is 7.32. The van der Waals surface area contributed by atoms with Crippen LogP contribution in [0.5, 0.6) is 0 Å². The fourth-order valence-electron chi connectivity index (χ4n) is 5.44. The van der Waals surface area contributed by atoms with E-state index in [0.29, 0.717) is 6.04 Å². The minimum Gasteiger partial charge on any atom is -0.478 e. The molecule has 0 saturated heterocycles. The molecule has 0 atom stereocenters. The van der Waals surface area contributed by atoms with Crippen LogP contribution >= 0.6 is 0 Å². The topological polar surface area (TPSA) is 78.6 Å². The third-order valence-corrected chi connectivity index (χ3v) is 7.27. The number of carboxylic acid groups (broad SMARTS) is 1. The Morgan fingerprint density at radius 2 is 1.62 bits per heavy atom. The number of hydrogen-bond donors (Lipinski definition) is 2. The van der Waals surface area contributed by atoms with Crippen molar-refractivity contribution in [3.05, 3.63) is 89.5 Å². The molecule has 0 fully saturated rings. The lowest BCUT2D eigenvalue weighted by molar-refractivity contribution is 0.0697. The molecule has 1 heterocycles. The first-order chi connectivity index (χ1) is 19.0. The van der Waals surface area contributed by atoms with Crippen molar-refractivity contribution < 1.29 is 15.0 Å². The molecule has 0 unspecified atom stereocenters. The van der Waals surface area contributed by atoms with Crippen molar-refractivity contribution >= 4 is 17.0 Å². The monoisotopic (exact) mass is 527 g/mol. The van der Waals surface area contributed by atoms with E-state index in [1.807, 2.05) is 12.1 Å². The number of benzene rings is 3. The lowest BCUT2D eigenvalue weighted by Crippen LogP contribution is -2.24. The van der Waals surface area contributed by atoms with Crippen LogP contribution in [0.1, 0.15) is 79.9 Å². The smallest absolute Gasteiger partial charge is 0.335 e. The van der Waals surface area contributed by atoms with Gasteiger partial charge in [-0.25, -0.2) is 9.78 Å². The largest absolute Gasteiger partial charge is 0.478 e. The zero-order chi connectivity index (χ0) is 27.6. The first kappa shape index (κ1) is 28.5. The van der Waals surface area contributed by atoms with Crippen LogP contribution in [0.15, 0.2) is 72.8 Å². The van der Waals surface area contributed by atoms with Crippen LogP contribution in [0.3, 0.4) is 0 Å². The number of aliphatic hydroxyl groups is 1. The summed E-state index contributed by atoms with van der Waals surface area (Å²) in [6.07, 6.45) is 5.97. The highest BCUT2D eigenvalue weighted by Crippen LogP contribution is 2.33. The number of aromatic carboxylic acids is 1. The van der Waals surface area contributed by atoms with Gasteiger partial charge in [0.2, 0.25) is 0 Å². The number of carbonyl (C=O) groups is 1. The Kier molecular flexibility index (Phi) is 10.3. The minimum atomic E-state index is -0.937. The summed E-state index contributed by atoms with van der Waals surface area (Å²) in [5, 5.41) is 18.9. The van der Waals surface area contributed by atoms with E-state index >= 15 is 0 Å². The average molecular weight is 528 g/mol. The second-order valence-corrected chi connectivity index (χ2v) is 10.4. The molecule has 6 heteroatoms. The SMILES string of the molecule is CCCC(CCC)n1c(-c2cccc(CN(CCCCO)Cc3ccccc3)c2)nc2cc(C(=O)O)ccc21. The average Bonchev–Trinajstić information content (AvgIpc) is 3.32. The predicted molar refractivity (Wildman–Crippen MR) is 158 cm³/mol. The maximum absolute atomic E-state index is 11.7. The lowest BCUT2D eigenvalue weighted by atomic mass is 10.0. The first-order valence-corrected chi connectivity index (χ1v) is 14.3. The van der Waals surface area contributed by atoms with Gasteiger partial charge in [-0.3, -0.25) is 4.90 Å². The molecule has 0 aliphatic carbocycles. The molecule has 0 bridgehead atoms. The molecule has 39 heavy (non-hydrogen) atoms. The quantitative estimate of drug-likeness (QED) is 0.158. The molecule has 206 valence electrons. The highest BCUT2D eigenvalue weighted by Gasteiger charge is 2.21. The zero-order valence-electron chi connectivity index (χ0n) is 23.2. The molecule has 0 aliphatic heterocycles. The van der Waals surface area contributed by atoms with Gasteiger partial charge >= 0.3 is 5.97 Å². The van der Waals surface area contributed by atoms with Gasteiger partial charge in [-0.05, 0) is 67.6 Å². The first-order valence-electron chi connectivity index (χ1n) is 14.3. The summed E-state index contributed by atoms with van der Waals surface area (Å²) in [7, 11) is 0. The molecule has 1 aromatic heterocycles. The Balaban J connectivity index is 1.71. The highest BCUT2D eigenvalue weighted by molar-refractivity contribution is 5.93. The van der Waals surface area contributed by atoms with E-state index in [4.69, 9.17) is 4.98 Å². The number of imidazole rings is 1. The summed E-state index contributed by atoms with van der Waals surface area (Å²) < 4.78 is 2.34. The van der Waals surface area contributed by atoms with Gasteiger partial charge in [0.15, 0.2) is 0 Å². The van der Waals surface area contributed by atoms with Crippen molar-refractivity contribution in [1.29, 1.82) is 0 Å². The van der Waals surface area contributed by atoms with E-state index in [9.17, 15) is 15.0 Å². The van der Waals surface area contributed by atoms with E-state index < -0.39 is 5.97 Å².